The Morgan fingerprint density at radius 1 is 1.38 bits per heavy atom. The van der Waals surface area contributed by atoms with Crippen molar-refractivity contribution in [1.82, 2.24) is 5.32 Å². The van der Waals surface area contributed by atoms with Crippen LogP contribution in [0, 0.1) is 19.8 Å². The summed E-state index contributed by atoms with van der Waals surface area (Å²) >= 11 is 0. The maximum Gasteiger partial charge on any atom is 0.227 e. The molecule has 2 aliphatic rings. The lowest BCUT2D eigenvalue weighted by Crippen LogP contribution is -2.55. The van der Waals surface area contributed by atoms with Gasteiger partial charge in [-0.25, -0.2) is 0 Å². The first-order chi connectivity index (χ1) is 12.3. The molecule has 1 aromatic rings. The van der Waals surface area contributed by atoms with Gasteiger partial charge in [0.1, 0.15) is 0 Å². The van der Waals surface area contributed by atoms with Crippen LogP contribution in [-0.4, -0.2) is 48.3 Å². The predicted molar refractivity (Wildman–Crippen MR) is 99.0 cm³/mol. The molecule has 1 saturated heterocycles. The minimum absolute atomic E-state index is 0.0300. The highest BCUT2D eigenvalue weighted by atomic mass is 16.5. The molecule has 1 aromatic carbocycles. The van der Waals surface area contributed by atoms with Crippen molar-refractivity contribution in [3.8, 4) is 0 Å². The Balaban J connectivity index is 1.55. The van der Waals surface area contributed by atoms with Crippen LogP contribution < -0.4 is 10.2 Å². The van der Waals surface area contributed by atoms with E-state index in [-0.39, 0.29) is 36.8 Å². The van der Waals surface area contributed by atoms with Gasteiger partial charge in [-0.05, 0) is 38.0 Å². The van der Waals surface area contributed by atoms with Gasteiger partial charge in [-0.1, -0.05) is 12.1 Å². The van der Waals surface area contributed by atoms with Crippen LogP contribution in [0.5, 0.6) is 0 Å². The van der Waals surface area contributed by atoms with Crippen molar-refractivity contribution in [3.05, 3.63) is 29.3 Å². The molecule has 142 valence electrons. The van der Waals surface area contributed by atoms with Crippen molar-refractivity contribution in [3.63, 3.8) is 0 Å². The number of rotatable bonds is 6. The average molecular weight is 360 g/mol. The molecular weight excluding hydrogens is 332 g/mol. The van der Waals surface area contributed by atoms with Crippen LogP contribution in [0.25, 0.3) is 0 Å². The molecule has 1 atom stereocenters. The zero-order valence-electron chi connectivity index (χ0n) is 15.7. The molecule has 0 aromatic heterocycles. The number of carbonyl (C=O) groups is 2. The normalized spacial score (nSPS) is 28.2. The molecule has 2 fully saturated rings. The second-order valence-corrected chi connectivity index (χ2v) is 7.55. The number of carbonyl (C=O) groups excluding carboxylic acids is 2. The average Bonchev–Trinajstić information content (AvgIpc) is 2.96. The standard InChI is InChI=1S/C20H28N2O4/c1-4-26-16-9-20(25,10-16)12-21-19(24)15-8-18(23)22(11-15)17-7-5-6-13(2)14(17)3/h5-7,15-16,25H,4,8-12H2,1-3H3,(H,21,24). The monoisotopic (exact) mass is 360 g/mol. The predicted octanol–water partition coefficient (Wildman–Crippen LogP) is 1.70. The fourth-order valence-electron chi connectivity index (χ4n) is 3.83. The summed E-state index contributed by atoms with van der Waals surface area (Å²) in [6, 6.07) is 5.86. The number of benzene rings is 1. The molecule has 3 rings (SSSR count). The van der Waals surface area contributed by atoms with Gasteiger partial charge in [-0.15, -0.1) is 0 Å². The van der Waals surface area contributed by atoms with E-state index < -0.39 is 5.60 Å². The number of amides is 2. The van der Waals surface area contributed by atoms with Gasteiger partial charge in [-0.3, -0.25) is 9.59 Å². The van der Waals surface area contributed by atoms with Gasteiger partial charge in [0, 0.05) is 44.6 Å². The molecule has 2 N–H and O–H groups in total. The smallest absolute Gasteiger partial charge is 0.227 e. The third-order valence-electron chi connectivity index (χ3n) is 5.57. The van der Waals surface area contributed by atoms with Gasteiger partial charge in [0.05, 0.1) is 17.6 Å². The molecule has 0 radical (unpaired) electrons. The van der Waals surface area contributed by atoms with E-state index in [1.165, 1.54) is 0 Å². The zero-order valence-corrected chi connectivity index (χ0v) is 15.7. The van der Waals surface area contributed by atoms with Crippen molar-refractivity contribution in [2.45, 2.75) is 51.7 Å². The van der Waals surface area contributed by atoms with Crippen molar-refractivity contribution in [1.29, 1.82) is 0 Å². The van der Waals surface area contributed by atoms with Crippen LogP contribution in [0.3, 0.4) is 0 Å². The van der Waals surface area contributed by atoms with E-state index in [2.05, 4.69) is 5.32 Å². The largest absolute Gasteiger partial charge is 0.388 e. The van der Waals surface area contributed by atoms with Crippen molar-refractivity contribution in [2.75, 3.05) is 24.6 Å². The van der Waals surface area contributed by atoms with E-state index in [0.29, 0.717) is 26.0 Å². The van der Waals surface area contributed by atoms with Crippen molar-refractivity contribution >= 4 is 17.5 Å². The lowest BCUT2D eigenvalue weighted by atomic mass is 9.77. The number of nitrogens with one attached hydrogen (secondary N) is 1. The molecule has 1 aliphatic carbocycles. The number of ether oxygens (including phenoxy) is 1. The maximum absolute atomic E-state index is 12.5. The van der Waals surface area contributed by atoms with Gasteiger partial charge >= 0.3 is 0 Å². The SMILES string of the molecule is CCOC1CC(O)(CNC(=O)C2CC(=O)N(c3cccc(C)c3C)C2)C1. The Labute approximate surface area is 154 Å². The molecule has 1 unspecified atom stereocenters. The van der Waals surface area contributed by atoms with Gasteiger partial charge in [-0.2, -0.15) is 0 Å². The van der Waals surface area contributed by atoms with Gasteiger partial charge < -0.3 is 20.1 Å². The molecule has 6 heteroatoms. The van der Waals surface area contributed by atoms with Crippen LogP contribution in [0.1, 0.15) is 37.3 Å². The van der Waals surface area contributed by atoms with Crippen LogP contribution in [0.2, 0.25) is 0 Å². The minimum atomic E-state index is -0.884. The third kappa shape index (κ3) is 3.76. The number of aryl methyl sites for hydroxylation is 1. The fourth-order valence-corrected chi connectivity index (χ4v) is 3.83. The van der Waals surface area contributed by atoms with E-state index in [1.54, 1.807) is 4.90 Å². The van der Waals surface area contributed by atoms with E-state index in [1.807, 2.05) is 39.0 Å². The summed E-state index contributed by atoms with van der Waals surface area (Å²) in [5.41, 5.74) is 2.18. The molecule has 6 nitrogen and oxygen atoms in total. The topological polar surface area (TPSA) is 78.9 Å². The highest BCUT2D eigenvalue weighted by molar-refractivity contribution is 6.00. The van der Waals surface area contributed by atoms with Crippen LogP contribution >= 0.6 is 0 Å². The first kappa shape index (κ1) is 18.9. The summed E-state index contributed by atoms with van der Waals surface area (Å²) in [5.74, 6) is -0.578. The molecular formula is C20H28N2O4. The molecule has 1 saturated carbocycles. The van der Waals surface area contributed by atoms with Gasteiger partial charge in [0.25, 0.3) is 0 Å². The van der Waals surface area contributed by atoms with Gasteiger partial charge in [0.15, 0.2) is 0 Å². The summed E-state index contributed by atoms with van der Waals surface area (Å²) in [4.78, 5) is 26.6. The Morgan fingerprint density at radius 3 is 2.81 bits per heavy atom. The van der Waals surface area contributed by atoms with E-state index in [4.69, 9.17) is 4.74 Å². The van der Waals surface area contributed by atoms with E-state index >= 15 is 0 Å². The highest BCUT2D eigenvalue weighted by Gasteiger charge is 2.44. The molecule has 0 spiro atoms. The molecule has 26 heavy (non-hydrogen) atoms. The summed E-state index contributed by atoms with van der Waals surface area (Å²) < 4.78 is 5.45. The summed E-state index contributed by atoms with van der Waals surface area (Å²) in [7, 11) is 0. The second kappa shape index (κ2) is 7.37. The number of nitrogens with zero attached hydrogens (tertiary/aromatic N) is 1. The molecule has 1 aliphatic heterocycles. The van der Waals surface area contributed by atoms with E-state index in [9.17, 15) is 14.7 Å². The second-order valence-electron chi connectivity index (χ2n) is 7.55. The van der Waals surface area contributed by atoms with Crippen molar-refractivity contribution < 1.29 is 19.4 Å². The lowest BCUT2D eigenvalue weighted by Gasteiger charge is -2.43. The Hall–Kier alpha value is -1.92. The van der Waals surface area contributed by atoms with Crippen molar-refractivity contribution in [2.24, 2.45) is 5.92 Å². The van der Waals surface area contributed by atoms with Crippen LogP contribution in [0.15, 0.2) is 18.2 Å². The first-order valence-electron chi connectivity index (χ1n) is 9.31. The summed E-state index contributed by atoms with van der Waals surface area (Å²) in [6.07, 6.45) is 1.37. The fraction of sp³-hybridized carbons (Fsp3) is 0.600. The Morgan fingerprint density at radius 2 is 2.12 bits per heavy atom. The third-order valence-corrected chi connectivity index (χ3v) is 5.57. The molecule has 0 bridgehead atoms. The number of aliphatic hydroxyl groups is 1. The van der Waals surface area contributed by atoms with Crippen LogP contribution in [-0.2, 0) is 14.3 Å². The molecule has 2 amide bonds. The maximum atomic E-state index is 12.5. The summed E-state index contributed by atoms with van der Waals surface area (Å²) in [6.45, 7) is 7.16. The van der Waals surface area contributed by atoms with Gasteiger partial charge in [0.2, 0.25) is 11.8 Å². The minimum Gasteiger partial charge on any atom is -0.388 e. The number of hydrogen-bond acceptors (Lipinski definition) is 4. The van der Waals surface area contributed by atoms with E-state index in [0.717, 1.165) is 16.8 Å². The number of hydrogen-bond donors (Lipinski definition) is 2. The first-order valence-corrected chi connectivity index (χ1v) is 9.31. The Bertz CT molecular complexity index is 697. The highest BCUT2D eigenvalue weighted by Crippen LogP contribution is 2.34. The zero-order chi connectivity index (χ0) is 18.9. The lowest BCUT2D eigenvalue weighted by molar-refractivity contribution is -0.142. The van der Waals surface area contributed by atoms with Crippen LogP contribution in [0.4, 0.5) is 5.69 Å². The quantitative estimate of drug-likeness (QED) is 0.809. The summed E-state index contributed by atoms with van der Waals surface area (Å²) in [5, 5.41) is 13.2. The number of anilines is 1. The Kier molecular flexibility index (Phi) is 5.34. The molecule has 1 heterocycles.